The number of hydrogen-bond donors (Lipinski definition) is 0. The van der Waals surface area contributed by atoms with E-state index in [1.54, 1.807) is 49.6 Å². The molecular formula is C23H23FN4O3. The molecule has 0 bridgehead atoms. The van der Waals surface area contributed by atoms with Crippen molar-refractivity contribution in [2.45, 2.75) is 6.92 Å². The van der Waals surface area contributed by atoms with Gasteiger partial charge in [-0.25, -0.2) is 14.4 Å². The van der Waals surface area contributed by atoms with Crippen molar-refractivity contribution in [1.82, 2.24) is 14.9 Å². The fraction of sp³-hybridized carbons (Fsp3) is 0.261. The number of piperazine rings is 1. The van der Waals surface area contributed by atoms with Crippen LogP contribution in [0, 0.1) is 12.7 Å². The van der Waals surface area contributed by atoms with Gasteiger partial charge in [-0.1, -0.05) is 6.07 Å². The van der Waals surface area contributed by atoms with E-state index in [2.05, 4.69) is 14.9 Å². The molecule has 1 aliphatic rings. The molecule has 1 fully saturated rings. The third-order valence-corrected chi connectivity index (χ3v) is 5.16. The highest BCUT2D eigenvalue weighted by molar-refractivity contribution is 5.94. The molecule has 160 valence electrons. The van der Waals surface area contributed by atoms with Crippen LogP contribution >= 0.6 is 0 Å². The van der Waals surface area contributed by atoms with Crippen LogP contribution in [-0.4, -0.2) is 54.1 Å². The third kappa shape index (κ3) is 4.74. The summed E-state index contributed by atoms with van der Waals surface area (Å²) in [5.41, 5.74) is 1.52. The lowest BCUT2D eigenvalue weighted by Gasteiger charge is -2.35. The molecule has 2 heterocycles. The molecular weight excluding hydrogens is 399 g/mol. The van der Waals surface area contributed by atoms with Gasteiger partial charge in [-0.05, 0) is 48.9 Å². The molecule has 0 atom stereocenters. The number of aromatic nitrogens is 2. The fourth-order valence-corrected chi connectivity index (χ4v) is 3.41. The Kier molecular flexibility index (Phi) is 5.97. The molecule has 1 aliphatic heterocycles. The molecule has 1 amide bonds. The fourth-order valence-electron chi connectivity index (χ4n) is 3.41. The Balaban J connectivity index is 1.40. The molecule has 2 aromatic carbocycles. The number of rotatable bonds is 5. The van der Waals surface area contributed by atoms with E-state index in [9.17, 15) is 9.18 Å². The normalized spacial score (nSPS) is 13.8. The van der Waals surface area contributed by atoms with E-state index in [0.29, 0.717) is 43.3 Å². The minimum absolute atomic E-state index is 0.0102. The summed E-state index contributed by atoms with van der Waals surface area (Å²) in [5.74, 6) is 1.33. The molecule has 0 radical (unpaired) electrons. The lowest BCUT2D eigenvalue weighted by molar-refractivity contribution is 0.0746. The Labute approximate surface area is 180 Å². The van der Waals surface area contributed by atoms with Gasteiger partial charge in [0.15, 0.2) is 11.6 Å². The average molecular weight is 422 g/mol. The van der Waals surface area contributed by atoms with Gasteiger partial charge in [0.1, 0.15) is 17.9 Å². The SMILES string of the molecule is COc1ccc(C(=O)N2CCN(c3cc(Oc4cc(C)ccc4F)ncn3)CC2)cc1. The zero-order valence-electron chi connectivity index (χ0n) is 17.4. The topological polar surface area (TPSA) is 67.8 Å². The molecule has 3 aromatic rings. The Hall–Kier alpha value is -3.68. The van der Waals surface area contributed by atoms with E-state index in [1.807, 2.05) is 11.8 Å². The number of nitrogens with zero attached hydrogens (tertiary/aromatic N) is 4. The summed E-state index contributed by atoms with van der Waals surface area (Å²) in [6, 6.07) is 13.5. The monoisotopic (exact) mass is 422 g/mol. The largest absolute Gasteiger partial charge is 0.497 e. The Morgan fingerprint density at radius 2 is 1.74 bits per heavy atom. The second kappa shape index (κ2) is 8.99. The first-order valence-corrected chi connectivity index (χ1v) is 9.98. The Bertz CT molecular complexity index is 1070. The summed E-state index contributed by atoms with van der Waals surface area (Å²) in [6.07, 6.45) is 1.40. The highest BCUT2D eigenvalue weighted by Gasteiger charge is 2.23. The number of benzene rings is 2. The Morgan fingerprint density at radius 3 is 2.45 bits per heavy atom. The van der Waals surface area contributed by atoms with Crippen LogP contribution in [0.5, 0.6) is 17.4 Å². The van der Waals surface area contributed by atoms with Gasteiger partial charge in [-0.15, -0.1) is 0 Å². The van der Waals surface area contributed by atoms with Crippen molar-refractivity contribution < 1.29 is 18.7 Å². The molecule has 1 saturated heterocycles. The molecule has 0 N–H and O–H groups in total. The molecule has 0 spiro atoms. The number of ether oxygens (including phenoxy) is 2. The van der Waals surface area contributed by atoms with Crippen LogP contribution in [0.2, 0.25) is 0 Å². The predicted molar refractivity (Wildman–Crippen MR) is 114 cm³/mol. The number of anilines is 1. The number of halogens is 1. The summed E-state index contributed by atoms with van der Waals surface area (Å²) in [4.78, 5) is 25.0. The Morgan fingerprint density at radius 1 is 1.00 bits per heavy atom. The van der Waals surface area contributed by atoms with Gasteiger partial charge in [-0.3, -0.25) is 4.79 Å². The highest BCUT2D eigenvalue weighted by Crippen LogP contribution is 2.26. The predicted octanol–water partition coefficient (Wildman–Crippen LogP) is 3.69. The van der Waals surface area contributed by atoms with Gasteiger partial charge in [-0.2, -0.15) is 0 Å². The van der Waals surface area contributed by atoms with E-state index in [4.69, 9.17) is 9.47 Å². The minimum Gasteiger partial charge on any atom is -0.497 e. The van der Waals surface area contributed by atoms with Crippen molar-refractivity contribution in [2.24, 2.45) is 0 Å². The van der Waals surface area contributed by atoms with Crippen LogP contribution < -0.4 is 14.4 Å². The number of hydrogen-bond acceptors (Lipinski definition) is 6. The standard InChI is InChI=1S/C23H23FN4O3/c1-16-3-8-19(24)20(13-16)31-22-14-21(25-15-26-22)27-9-11-28(12-10-27)23(29)17-4-6-18(30-2)7-5-17/h3-8,13-15H,9-12H2,1-2H3. The summed E-state index contributed by atoms with van der Waals surface area (Å²) < 4.78 is 24.8. The van der Waals surface area contributed by atoms with Gasteiger partial charge >= 0.3 is 0 Å². The van der Waals surface area contributed by atoms with Crippen molar-refractivity contribution in [2.75, 3.05) is 38.2 Å². The van der Waals surface area contributed by atoms with Crippen LogP contribution in [0.25, 0.3) is 0 Å². The summed E-state index contributed by atoms with van der Waals surface area (Å²) >= 11 is 0. The van der Waals surface area contributed by atoms with E-state index >= 15 is 0 Å². The van der Waals surface area contributed by atoms with Crippen LogP contribution in [0.1, 0.15) is 15.9 Å². The number of carbonyl (C=O) groups is 1. The summed E-state index contributed by atoms with van der Waals surface area (Å²) in [5, 5.41) is 0. The zero-order chi connectivity index (χ0) is 21.8. The van der Waals surface area contributed by atoms with E-state index in [1.165, 1.54) is 12.4 Å². The van der Waals surface area contributed by atoms with Gasteiger partial charge in [0, 0.05) is 37.8 Å². The van der Waals surface area contributed by atoms with E-state index in [-0.39, 0.29) is 17.5 Å². The molecule has 31 heavy (non-hydrogen) atoms. The molecule has 4 rings (SSSR count). The number of methoxy groups -OCH3 is 1. The van der Waals surface area contributed by atoms with Gasteiger partial charge < -0.3 is 19.3 Å². The maximum absolute atomic E-state index is 14.0. The maximum Gasteiger partial charge on any atom is 0.253 e. The van der Waals surface area contributed by atoms with Crippen molar-refractivity contribution >= 4 is 11.7 Å². The highest BCUT2D eigenvalue weighted by atomic mass is 19.1. The first kappa shape index (κ1) is 20.6. The first-order valence-electron chi connectivity index (χ1n) is 9.98. The number of aryl methyl sites for hydroxylation is 1. The molecule has 1 aromatic heterocycles. The first-order chi connectivity index (χ1) is 15.0. The van der Waals surface area contributed by atoms with E-state index < -0.39 is 5.82 Å². The van der Waals surface area contributed by atoms with Crippen LogP contribution in [0.15, 0.2) is 54.9 Å². The summed E-state index contributed by atoms with van der Waals surface area (Å²) in [7, 11) is 1.59. The zero-order valence-corrected chi connectivity index (χ0v) is 17.4. The van der Waals surface area contributed by atoms with Gasteiger partial charge in [0.25, 0.3) is 5.91 Å². The van der Waals surface area contributed by atoms with Gasteiger partial charge in [0.2, 0.25) is 5.88 Å². The number of amides is 1. The molecule has 0 unspecified atom stereocenters. The van der Waals surface area contributed by atoms with Crippen molar-refractivity contribution in [3.8, 4) is 17.4 Å². The molecule has 0 saturated carbocycles. The van der Waals surface area contributed by atoms with Crippen LogP contribution in [0.3, 0.4) is 0 Å². The smallest absolute Gasteiger partial charge is 0.253 e. The summed E-state index contributed by atoms with van der Waals surface area (Å²) in [6.45, 7) is 4.24. The minimum atomic E-state index is -0.448. The van der Waals surface area contributed by atoms with Crippen molar-refractivity contribution in [3.05, 3.63) is 71.8 Å². The lowest BCUT2D eigenvalue weighted by Crippen LogP contribution is -2.49. The molecule has 0 aliphatic carbocycles. The van der Waals surface area contributed by atoms with Crippen molar-refractivity contribution in [1.29, 1.82) is 0 Å². The van der Waals surface area contributed by atoms with Crippen molar-refractivity contribution in [3.63, 3.8) is 0 Å². The van der Waals surface area contributed by atoms with Crippen LogP contribution in [-0.2, 0) is 0 Å². The third-order valence-electron chi connectivity index (χ3n) is 5.16. The molecule has 7 nitrogen and oxygen atoms in total. The lowest BCUT2D eigenvalue weighted by atomic mass is 10.1. The second-order valence-electron chi connectivity index (χ2n) is 7.26. The maximum atomic E-state index is 14.0. The number of carbonyl (C=O) groups excluding carboxylic acids is 1. The quantitative estimate of drug-likeness (QED) is 0.625. The van der Waals surface area contributed by atoms with E-state index in [0.717, 1.165) is 5.56 Å². The molecule has 8 heteroatoms. The average Bonchev–Trinajstić information content (AvgIpc) is 2.81. The second-order valence-corrected chi connectivity index (χ2v) is 7.26. The van der Waals surface area contributed by atoms with Crippen LogP contribution in [0.4, 0.5) is 10.2 Å². The van der Waals surface area contributed by atoms with Gasteiger partial charge in [0.05, 0.1) is 7.11 Å².